The van der Waals surface area contributed by atoms with Gasteiger partial charge >= 0.3 is 0 Å². The van der Waals surface area contributed by atoms with Gasteiger partial charge in [0, 0.05) is 28.7 Å². The lowest BCUT2D eigenvalue weighted by atomic mass is 9.72. The van der Waals surface area contributed by atoms with Gasteiger partial charge in [0.1, 0.15) is 0 Å². The van der Waals surface area contributed by atoms with Crippen LogP contribution < -0.4 is 0 Å². The maximum absolute atomic E-state index is 12.4. The minimum atomic E-state index is 0.0812. The summed E-state index contributed by atoms with van der Waals surface area (Å²) < 4.78 is 1.16. The molecule has 1 heterocycles. The van der Waals surface area contributed by atoms with Crippen molar-refractivity contribution in [1.29, 1.82) is 0 Å². The monoisotopic (exact) mass is 407 g/mol. The molecule has 0 saturated carbocycles. The van der Waals surface area contributed by atoms with Gasteiger partial charge in [0.2, 0.25) is 0 Å². The molecular formula is C26H33NOS. The fourth-order valence-electron chi connectivity index (χ4n) is 4.12. The smallest absolute Gasteiger partial charge is 0.253 e. The molecule has 0 N–H and O–H groups in total. The van der Waals surface area contributed by atoms with E-state index in [9.17, 15) is 4.79 Å². The molecule has 2 aromatic rings. The first kappa shape index (κ1) is 21.6. The zero-order chi connectivity index (χ0) is 21.2. The molecule has 0 bridgehead atoms. The highest BCUT2D eigenvalue weighted by Crippen LogP contribution is 2.41. The fourth-order valence-corrected chi connectivity index (χ4v) is 5.23. The van der Waals surface area contributed by atoms with Crippen LogP contribution in [0.5, 0.6) is 0 Å². The largest absolute Gasteiger partial charge is 0.342 e. The van der Waals surface area contributed by atoms with Crippen molar-refractivity contribution < 1.29 is 4.79 Å². The van der Waals surface area contributed by atoms with Gasteiger partial charge in [0.05, 0.1) is 0 Å². The van der Waals surface area contributed by atoms with E-state index in [1.165, 1.54) is 46.2 Å². The molecule has 1 aromatic heterocycles. The van der Waals surface area contributed by atoms with Gasteiger partial charge in [-0.25, -0.2) is 0 Å². The SMILES string of the molecule is CCN(C)C(=O)c1ccc2cc(C=C(C)C=CC3=C(C)CCCC3(C)C)sc2c1. The van der Waals surface area contributed by atoms with Crippen molar-refractivity contribution in [1.82, 2.24) is 4.90 Å². The van der Waals surface area contributed by atoms with E-state index in [1.54, 1.807) is 16.2 Å². The van der Waals surface area contributed by atoms with Crippen LogP contribution in [0.1, 0.15) is 69.1 Å². The molecule has 3 heteroatoms. The number of benzene rings is 1. The Labute approximate surface area is 179 Å². The summed E-state index contributed by atoms with van der Waals surface area (Å²) in [6, 6.07) is 8.23. The topological polar surface area (TPSA) is 20.3 Å². The number of carbonyl (C=O) groups is 1. The molecule has 29 heavy (non-hydrogen) atoms. The van der Waals surface area contributed by atoms with Crippen molar-refractivity contribution in [3.05, 3.63) is 63.6 Å². The lowest BCUT2D eigenvalue weighted by molar-refractivity contribution is 0.0802. The number of rotatable bonds is 5. The number of allylic oxidation sites excluding steroid dienone is 5. The predicted molar refractivity (Wildman–Crippen MR) is 128 cm³/mol. The van der Waals surface area contributed by atoms with Crippen molar-refractivity contribution in [2.45, 2.75) is 53.9 Å². The second-order valence-electron chi connectivity index (χ2n) is 8.87. The number of nitrogens with zero attached hydrogens (tertiary/aromatic N) is 1. The molecular weight excluding hydrogens is 374 g/mol. The van der Waals surface area contributed by atoms with Gasteiger partial charge in [-0.15, -0.1) is 11.3 Å². The fraction of sp³-hybridized carbons (Fsp3) is 0.423. The number of thiophene rings is 1. The Morgan fingerprint density at radius 1 is 1.28 bits per heavy atom. The molecule has 2 nitrogen and oxygen atoms in total. The molecule has 1 amide bonds. The van der Waals surface area contributed by atoms with Gasteiger partial charge < -0.3 is 4.90 Å². The third kappa shape index (κ3) is 4.90. The van der Waals surface area contributed by atoms with Crippen molar-refractivity contribution in [3.63, 3.8) is 0 Å². The summed E-state index contributed by atoms with van der Waals surface area (Å²) in [7, 11) is 1.84. The molecule has 1 aromatic carbocycles. The molecule has 0 saturated heterocycles. The predicted octanol–water partition coefficient (Wildman–Crippen LogP) is 7.48. The van der Waals surface area contributed by atoms with Crippen molar-refractivity contribution >= 4 is 33.4 Å². The Morgan fingerprint density at radius 2 is 2.03 bits per heavy atom. The highest BCUT2D eigenvalue weighted by Gasteiger charge is 2.26. The quantitative estimate of drug-likeness (QED) is 0.470. The Hall–Kier alpha value is -2.13. The van der Waals surface area contributed by atoms with E-state index in [0.717, 1.165) is 10.3 Å². The van der Waals surface area contributed by atoms with Crippen LogP contribution in [-0.2, 0) is 0 Å². The van der Waals surface area contributed by atoms with E-state index in [0.29, 0.717) is 6.54 Å². The maximum atomic E-state index is 12.4. The molecule has 0 radical (unpaired) electrons. The van der Waals surface area contributed by atoms with Crippen molar-refractivity contribution in [2.75, 3.05) is 13.6 Å². The standard InChI is InChI=1S/C26H33NOS/c1-7-27(6)25(28)21-12-11-20-16-22(29-24(20)17-21)15-18(2)10-13-23-19(3)9-8-14-26(23,4)5/h10-13,15-17H,7-9,14H2,1-6H3. The Bertz CT molecular complexity index is 1000. The van der Waals surface area contributed by atoms with Crippen LogP contribution in [0.2, 0.25) is 0 Å². The first-order valence-electron chi connectivity index (χ1n) is 10.6. The third-order valence-electron chi connectivity index (χ3n) is 6.03. The third-order valence-corrected chi connectivity index (χ3v) is 7.08. The summed E-state index contributed by atoms with van der Waals surface area (Å²) in [5, 5.41) is 1.20. The van der Waals surface area contributed by atoms with Gasteiger partial charge in [-0.3, -0.25) is 4.79 Å². The summed E-state index contributed by atoms with van der Waals surface area (Å²) in [6.07, 6.45) is 10.6. The van der Waals surface area contributed by atoms with Gasteiger partial charge in [0.15, 0.2) is 0 Å². The van der Waals surface area contributed by atoms with Gasteiger partial charge in [-0.2, -0.15) is 0 Å². The maximum Gasteiger partial charge on any atom is 0.253 e. The summed E-state index contributed by atoms with van der Waals surface area (Å²) in [6.45, 7) is 11.9. The van der Waals surface area contributed by atoms with E-state index >= 15 is 0 Å². The van der Waals surface area contributed by atoms with Crippen molar-refractivity contribution in [2.24, 2.45) is 5.41 Å². The first-order valence-corrected chi connectivity index (χ1v) is 11.4. The van der Waals surface area contributed by atoms with E-state index in [4.69, 9.17) is 0 Å². The van der Waals surface area contributed by atoms with E-state index in [-0.39, 0.29) is 11.3 Å². The number of hydrogen-bond acceptors (Lipinski definition) is 2. The lowest BCUT2D eigenvalue weighted by Gasteiger charge is -2.32. The molecule has 0 atom stereocenters. The molecule has 1 aliphatic rings. The van der Waals surface area contributed by atoms with Crippen LogP contribution in [0.15, 0.2) is 53.1 Å². The zero-order valence-corrected chi connectivity index (χ0v) is 19.5. The molecule has 0 unspecified atom stereocenters. The molecule has 3 rings (SSSR count). The van der Waals surface area contributed by atoms with Crippen LogP contribution in [0.3, 0.4) is 0 Å². The van der Waals surface area contributed by atoms with Crippen molar-refractivity contribution in [3.8, 4) is 0 Å². The highest BCUT2D eigenvalue weighted by atomic mass is 32.1. The van der Waals surface area contributed by atoms with Crippen LogP contribution in [0.4, 0.5) is 0 Å². The minimum Gasteiger partial charge on any atom is -0.342 e. The molecule has 1 aliphatic carbocycles. The summed E-state index contributed by atoms with van der Waals surface area (Å²) >= 11 is 1.75. The first-order chi connectivity index (χ1) is 13.7. The second kappa shape index (κ2) is 8.71. The second-order valence-corrected chi connectivity index (χ2v) is 9.99. The summed E-state index contributed by atoms with van der Waals surface area (Å²) in [5.74, 6) is 0.0812. The Morgan fingerprint density at radius 3 is 2.72 bits per heavy atom. The van der Waals surface area contributed by atoms with E-state index in [1.807, 2.05) is 26.1 Å². The number of fused-ring (bicyclic) bond motifs is 1. The van der Waals surface area contributed by atoms with Crippen LogP contribution in [0.25, 0.3) is 16.2 Å². The van der Waals surface area contributed by atoms with Crippen LogP contribution in [0, 0.1) is 5.41 Å². The highest BCUT2D eigenvalue weighted by molar-refractivity contribution is 7.19. The Balaban J connectivity index is 1.83. The normalized spacial score (nSPS) is 17.4. The van der Waals surface area contributed by atoms with E-state index < -0.39 is 0 Å². The number of hydrogen-bond donors (Lipinski definition) is 0. The van der Waals surface area contributed by atoms with Gasteiger partial charge in [-0.1, -0.05) is 37.6 Å². The number of carbonyl (C=O) groups excluding carboxylic acids is 1. The van der Waals surface area contributed by atoms with Crippen LogP contribution >= 0.6 is 11.3 Å². The average Bonchev–Trinajstić information content (AvgIpc) is 3.07. The number of amides is 1. The summed E-state index contributed by atoms with van der Waals surface area (Å²) in [5.41, 5.74) is 5.31. The van der Waals surface area contributed by atoms with Gasteiger partial charge in [0.25, 0.3) is 5.91 Å². The van der Waals surface area contributed by atoms with Gasteiger partial charge in [-0.05, 0) is 86.3 Å². The van der Waals surface area contributed by atoms with Crippen LogP contribution in [-0.4, -0.2) is 24.4 Å². The minimum absolute atomic E-state index is 0.0812. The lowest BCUT2D eigenvalue weighted by Crippen LogP contribution is -2.26. The molecule has 154 valence electrons. The molecule has 0 fully saturated rings. The average molecular weight is 408 g/mol. The molecule has 0 spiro atoms. The zero-order valence-electron chi connectivity index (χ0n) is 18.6. The van der Waals surface area contributed by atoms with E-state index in [2.05, 4.69) is 58.1 Å². The molecule has 0 aliphatic heterocycles. The Kier molecular flexibility index (Phi) is 6.48. The summed E-state index contributed by atoms with van der Waals surface area (Å²) in [4.78, 5) is 15.4.